The van der Waals surface area contributed by atoms with Crippen molar-refractivity contribution in [2.75, 3.05) is 24.6 Å². The number of carbonyl (C=O) groups is 1. The van der Waals surface area contributed by atoms with Crippen LogP contribution in [0.3, 0.4) is 0 Å². The zero-order chi connectivity index (χ0) is 15.8. The SMILES string of the molecule is C=CCN(CC(=O)O)c1ccc([N+](=O)[O-])c(OCCC)c1. The van der Waals surface area contributed by atoms with E-state index < -0.39 is 10.9 Å². The Morgan fingerprint density at radius 1 is 1.57 bits per heavy atom. The minimum Gasteiger partial charge on any atom is -0.487 e. The molecule has 114 valence electrons. The molecule has 7 heteroatoms. The van der Waals surface area contributed by atoms with Crippen LogP contribution in [0.1, 0.15) is 13.3 Å². The number of carboxylic acid groups (broad SMARTS) is 1. The fraction of sp³-hybridized carbons (Fsp3) is 0.357. The Balaban J connectivity index is 3.13. The van der Waals surface area contributed by atoms with Crippen molar-refractivity contribution >= 4 is 17.3 Å². The van der Waals surface area contributed by atoms with Gasteiger partial charge in [0, 0.05) is 24.4 Å². The highest BCUT2D eigenvalue weighted by atomic mass is 16.6. The van der Waals surface area contributed by atoms with Gasteiger partial charge in [0.05, 0.1) is 11.5 Å². The molecule has 0 bridgehead atoms. The topological polar surface area (TPSA) is 92.9 Å². The maximum Gasteiger partial charge on any atom is 0.323 e. The number of nitro benzene ring substituents is 1. The molecule has 0 aliphatic rings. The highest BCUT2D eigenvalue weighted by Gasteiger charge is 2.18. The van der Waals surface area contributed by atoms with Crippen LogP contribution in [0.5, 0.6) is 5.75 Å². The number of nitro groups is 1. The molecule has 0 saturated heterocycles. The Labute approximate surface area is 122 Å². The molecule has 0 spiro atoms. The number of hydrogen-bond acceptors (Lipinski definition) is 5. The van der Waals surface area contributed by atoms with Crippen molar-refractivity contribution < 1.29 is 19.6 Å². The number of ether oxygens (including phenoxy) is 1. The van der Waals surface area contributed by atoms with Gasteiger partial charge >= 0.3 is 11.7 Å². The molecular weight excluding hydrogens is 276 g/mol. The summed E-state index contributed by atoms with van der Waals surface area (Å²) >= 11 is 0. The quantitative estimate of drug-likeness (QED) is 0.427. The molecule has 0 atom stereocenters. The van der Waals surface area contributed by atoms with Gasteiger partial charge in [-0.3, -0.25) is 14.9 Å². The van der Waals surface area contributed by atoms with Crippen molar-refractivity contribution in [2.24, 2.45) is 0 Å². The van der Waals surface area contributed by atoms with Crippen LogP contribution in [0, 0.1) is 10.1 Å². The first-order chi connectivity index (χ1) is 9.99. The van der Waals surface area contributed by atoms with E-state index in [0.29, 0.717) is 25.3 Å². The van der Waals surface area contributed by atoms with E-state index in [1.54, 1.807) is 6.08 Å². The van der Waals surface area contributed by atoms with Crippen LogP contribution >= 0.6 is 0 Å². The van der Waals surface area contributed by atoms with E-state index in [9.17, 15) is 14.9 Å². The van der Waals surface area contributed by atoms with Crippen LogP contribution < -0.4 is 9.64 Å². The number of rotatable bonds is 9. The zero-order valence-corrected chi connectivity index (χ0v) is 11.8. The second-order valence-corrected chi connectivity index (χ2v) is 4.32. The number of nitrogens with zero attached hydrogens (tertiary/aromatic N) is 2. The van der Waals surface area contributed by atoms with Crippen molar-refractivity contribution in [3.8, 4) is 5.75 Å². The molecular formula is C14H18N2O5. The summed E-state index contributed by atoms with van der Waals surface area (Å²) in [4.78, 5) is 22.9. The number of hydrogen-bond donors (Lipinski definition) is 1. The lowest BCUT2D eigenvalue weighted by Gasteiger charge is -2.21. The van der Waals surface area contributed by atoms with Crippen molar-refractivity contribution in [1.82, 2.24) is 0 Å². The Morgan fingerprint density at radius 2 is 2.29 bits per heavy atom. The van der Waals surface area contributed by atoms with E-state index in [2.05, 4.69) is 6.58 Å². The van der Waals surface area contributed by atoms with Crippen LogP contribution in [-0.4, -0.2) is 35.7 Å². The van der Waals surface area contributed by atoms with Gasteiger partial charge in [-0.1, -0.05) is 13.0 Å². The van der Waals surface area contributed by atoms with Gasteiger partial charge in [-0.05, 0) is 12.5 Å². The summed E-state index contributed by atoms with van der Waals surface area (Å²) in [6.07, 6.45) is 2.28. The van der Waals surface area contributed by atoms with Gasteiger partial charge in [0.25, 0.3) is 0 Å². The maximum atomic E-state index is 11.0. The zero-order valence-electron chi connectivity index (χ0n) is 11.8. The van der Waals surface area contributed by atoms with Crippen LogP contribution in [0.2, 0.25) is 0 Å². The number of carboxylic acids is 1. The summed E-state index contributed by atoms with van der Waals surface area (Å²) in [5.41, 5.74) is 0.398. The van der Waals surface area contributed by atoms with Gasteiger partial charge in [-0.15, -0.1) is 6.58 Å². The third-order valence-corrected chi connectivity index (χ3v) is 2.64. The first kappa shape index (κ1) is 16.5. The van der Waals surface area contributed by atoms with Crippen LogP contribution in [0.15, 0.2) is 30.9 Å². The fourth-order valence-electron chi connectivity index (χ4n) is 1.76. The Morgan fingerprint density at radius 3 is 2.81 bits per heavy atom. The lowest BCUT2D eigenvalue weighted by Crippen LogP contribution is -2.29. The van der Waals surface area contributed by atoms with E-state index in [0.717, 1.165) is 0 Å². The third kappa shape index (κ3) is 4.79. The average molecular weight is 294 g/mol. The van der Waals surface area contributed by atoms with E-state index in [-0.39, 0.29) is 18.0 Å². The predicted octanol–water partition coefficient (Wildman–Crippen LogP) is 2.46. The molecule has 0 radical (unpaired) electrons. The Kier molecular flexibility index (Phi) is 6.19. The standard InChI is InChI=1S/C14H18N2O5/c1-3-7-15(10-14(17)18)11-5-6-12(16(19)20)13(9-11)21-8-4-2/h3,5-6,9H,1,4,7-8,10H2,2H3,(H,17,18). The largest absolute Gasteiger partial charge is 0.487 e. The number of aliphatic carboxylic acids is 1. The molecule has 1 rings (SSSR count). The predicted molar refractivity (Wildman–Crippen MR) is 78.9 cm³/mol. The molecule has 21 heavy (non-hydrogen) atoms. The lowest BCUT2D eigenvalue weighted by molar-refractivity contribution is -0.385. The number of benzene rings is 1. The molecule has 0 heterocycles. The molecule has 0 aliphatic heterocycles. The minimum absolute atomic E-state index is 0.138. The van der Waals surface area contributed by atoms with Gasteiger partial charge in [-0.25, -0.2) is 0 Å². The van der Waals surface area contributed by atoms with Crippen LogP contribution in [0.25, 0.3) is 0 Å². The highest BCUT2D eigenvalue weighted by molar-refractivity contribution is 5.74. The summed E-state index contributed by atoms with van der Waals surface area (Å²) in [5, 5.41) is 19.9. The molecule has 0 aromatic heterocycles. The van der Waals surface area contributed by atoms with Crippen LogP contribution in [0.4, 0.5) is 11.4 Å². The summed E-state index contributed by atoms with van der Waals surface area (Å²) in [6, 6.07) is 4.31. The molecule has 0 unspecified atom stereocenters. The first-order valence-corrected chi connectivity index (χ1v) is 6.48. The minimum atomic E-state index is -0.994. The van der Waals surface area contributed by atoms with Gasteiger partial charge < -0.3 is 14.7 Å². The molecule has 7 nitrogen and oxygen atoms in total. The second-order valence-electron chi connectivity index (χ2n) is 4.32. The van der Waals surface area contributed by atoms with Crippen molar-refractivity contribution in [1.29, 1.82) is 0 Å². The maximum absolute atomic E-state index is 11.0. The average Bonchev–Trinajstić information content (AvgIpc) is 2.43. The Hall–Kier alpha value is -2.57. The molecule has 1 N–H and O–H groups in total. The van der Waals surface area contributed by atoms with E-state index in [1.807, 2.05) is 6.92 Å². The Bertz CT molecular complexity index is 530. The van der Waals surface area contributed by atoms with E-state index in [1.165, 1.54) is 23.1 Å². The molecule has 0 amide bonds. The molecule has 0 fully saturated rings. The molecule has 1 aromatic carbocycles. The van der Waals surface area contributed by atoms with E-state index in [4.69, 9.17) is 9.84 Å². The fourth-order valence-corrected chi connectivity index (χ4v) is 1.76. The van der Waals surface area contributed by atoms with E-state index >= 15 is 0 Å². The van der Waals surface area contributed by atoms with Gasteiger partial charge in [0.15, 0.2) is 5.75 Å². The molecule has 1 aromatic rings. The van der Waals surface area contributed by atoms with Gasteiger partial charge in [-0.2, -0.15) is 0 Å². The van der Waals surface area contributed by atoms with Crippen molar-refractivity contribution in [2.45, 2.75) is 13.3 Å². The third-order valence-electron chi connectivity index (χ3n) is 2.64. The normalized spacial score (nSPS) is 9.95. The monoisotopic (exact) mass is 294 g/mol. The van der Waals surface area contributed by atoms with Crippen LogP contribution in [-0.2, 0) is 4.79 Å². The van der Waals surface area contributed by atoms with Crippen molar-refractivity contribution in [3.63, 3.8) is 0 Å². The lowest BCUT2D eigenvalue weighted by atomic mass is 10.2. The molecule has 0 aliphatic carbocycles. The van der Waals surface area contributed by atoms with Gasteiger partial charge in [0.2, 0.25) is 0 Å². The smallest absolute Gasteiger partial charge is 0.323 e. The second kappa shape index (κ2) is 7.88. The first-order valence-electron chi connectivity index (χ1n) is 6.48. The summed E-state index contributed by atoms with van der Waals surface area (Å²) in [5.74, 6) is -0.856. The van der Waals surface area contributed by atoms with Crippen molar-refractivity contribution in [3.05, 3.63) is 41.0 Å². The summed E-state index contributed by atoms with van der Waals surface area (Å²) < 4.78 is 5.38. The van der Waals surface area contributed by atoms with Gasteiger partial charge in [0.1, 0.15) is 6.54 Å². The summed E-state index contributed by atoms with van der Waals surface area (Å²) in [6.45, 7) is 5.91. The molecule has 0 saturated carbocycles. The number of anilines is 1. The summed E-state index contributed by atoms with van der Waals surface area (Å²) in [7, 11) is 0. The highest BCUT2D eigenvalue weighted by Crippen LogP contribution is 2.31.